The highest BCUT2D eigenvalue weighted by atomic mass is 16.4. The molecule has 0 atom stereocenters. The number of aromatic nitrogens is 1. The van der Waals surface area contributed by atoms with Gasteiger partial charge in [-0.15, -0.1) is 0 Å². The van der Waals surface area contributed by atoms with Crippen LogP contribution in [0, 0.1) is 6.92 Å². The summed E-state index contributed by atoms with van der Waals surface area (Å²) in [5, 5.41) is 11.2. The molecule has 0 spiro atoms. The van der Waals surface area contributed by atoms with Crippen LogP contribution in [0.25, 0.3) is 0 Å². The lowest BCUT2D eigenvalue weighted by Gasteiger charge is -2.20. The van der Waals surface area contributed by atoms with E-state index < -0.39 is 17.4 Å². The van der Waals surface area contributed by atoms with E-state index in [4.69, 9.17) is 9.52 Å². The van der Waals surface area contributed by atoms with Gasteiger partial charge in [0.1, 0.15) is 18.2 Å². The van der Waals surface area contributed by atoms with Gasteiger partial charge in [0, 0.05) is 0 Å². The lowest BCUT2D eigenvalue weighted by molar-refractivity contribution is -0.146. The molecule has 1 aromatic rings. The number of carbonyl (C=O) groups excluding carboxylic acids is 1. The molecule has 1 amide bonds. The van der Waals surface area contributed by atoms with Crippen molar-refractivity contribution in [2.24, 2.45) is 0 Å². The van der Waals surface area contributed by atoms with Crippen LogP contribution < -0.4 is 5.32 Å². The Bertz CT molecular complexity index is 409. The maximum Gasteiger partial charge on any atom is 0.328 e. The van der Waals surface area contributed by atoms with E-state index in [1.165, 1.54) is 20.1 Å². The van der Waals surface area contributed by atoms with Crippen molar-refractivity contribution >= 4 is 11.9 Å². The van der Waals surface area contributed by atoms with Crippen LogP contribution in [0.3, 0.4) is 0 Å². The summed E-state index contributed by atoms with van der Waals surface area (Å²) in [5.74, 6) is -1.25. The van der Waals surface area contributed by atoms with Gasteiger partial charge in [0.15, 0.2) is 0 Å². The summed E-state index contributed by atoms with van der Waals surface area (Å²) >= 11 is 0. The third-order valence-corrected chi connectivity index (χ3v) is 1.96. The second-order valence-electron chi connectivity index (χ2n) is 4.04. The van der Waals surface area contributed by atoms with E-state index in [-0.39, 0.29) is 12.3 Å². The molecule has 0 fully saturated rings. The highest BCUT2D eigenvalue weighted by Gasteiger charge is 2.29. The fourth-order valence-electron chi connectivity index (χ4n) is 1.07. The summed E-state index contributed by atoms with van der Waals surface area (Å²) in [5.41, 5.74) is -0.612. The summed E-state index contributed by atoms with van der Waals surface area (Å²) in [7, 11) is 0. The van der Waals surface area contributed by atoms with Crippen LogP contribution in [-0.2, 0) is 16.0 Å². The molecular formula is C10H14N2O4. The minimum Gasteiger partial charge on any atom is -0.480 e. The van der Waals surface area contributed by atoms with Crippen molar-refractivity contribution in [1.82, 2.24) is 10.3 Å². The van der Waals surface area contributed by atoms with Gasteiger partial charge in [-0.1, -0.05) is 0 Å². The fourth-order valence-corrected chi connectivity index (χ4v) is 1.07. The first-order chi connectivity index (χ1) is 7.31. The minimum absolute atomic E-state index is 0.0649. The molecule has 0 bridgehead atoms. The van der Waals surface area contributed by atoms with Crippen LogP contribution in [0.2, 0.25) is 0 Å². The molecule has 0 aliphatic carbocycles. The smallest absolute Gasteiger partial charge is 0.328 e. The zero-order chi connectivity index (χ0) is 12.3. The van der Waals surface area contributed by atoms with E-state index in [2.05, 4.69) is 10.3 Å². The zero-order valence-corrected chi connectivity index (χ0v) is 9.40. The number of hydrogen-bond donors (Lipinski definition) is 2. The average Bonchev–Trinajstić information content (AvgIpc) is 2.49. The largest absolute Gasteiger partial charge is 0.480 e. The number of aryl methyl sites for hydroxylation is 1. The molecule has 2 N–H and O–H groups in total. The van der Waals surface area contributed by atoms with Gasteiger partial charge in [-0.3, -0.25) is 4.79 Å². The number of oxazole rings is 1. The monoisotopic (exact) mass is 226 g/mol. The summed E-state index contributed by atoms with van der Waals surface area (Å²) in [6, 6.07) is 0. The Kier molecular flexibility index (Phi) is 3.31. The van der Waals surface area contributed by atoms with Gasteiger partial charge in [-0.25, -0.2) is 9.78 Å². The Labute approximate surface area is 92.7 Å². The van der Waals surface area contributed by atoms with Crippen LogP contribution in [0.15, 0.2) is 10.7 Å². The summed E-state index contributed by atoms with van der Waals surface area (Å²) in [4.78, 5) is 26.2. The van der Waals surface area contributed by atoms with Gasteiger partial charge >= 0.3 is 5.97 Å². The Morgan fingerprint density at radius 2 is 2.19 bits per heavy atom. The molecule has 0 aliphatic heterocycles. The number of nitrogens with one attached hydrogen (secondary N) is 1. The zero-order valence-electron chi connectivity index (χ0n) is 9.40. The van der Waals surface area contributed by atoms with Crippen LogP contribution in [-0.4, -0.2) is 27.5 Å². The number of carboxylic acid groups (broad SMARTS) is 1. The van der Waals surface area contributed by atoms with Gasteiger partial charge in [0.25, 0.3) is 0 Å². The maximum atomic E-state index is 11.5. The average molecular weight is 226 g/mol. The first-order valence-electron chi connectivity index (χ1n) is 4.76. The normalized spacial score (nSPS) is 11.2. The molecule has 0 saturated carbocycles. The van der Waals surface area contributed by atoms with Crippen molar-refractivity contribution < 1.29 is 19.1 Å². The lowest BCUT2D eigenvalue weighted by atomic mass is 10.1. The van der Waals surface area contributed by atoms with E-state index >= 15 is 0 Å². The first-order valence-corrected chi connectivity index (χ1v) is 4.76. The minimum atomic E-state index is -1.29. The number of carboxylic acids is 1. The molecule has 0 saturated heterocycles. The van der Waals surface area contributed by atoms with Crippen LogP contribution in [0.1, 0.15) is 25.4 Å². The molecule has 0 radical (unpaired) electrons. The molecule has 6 nitrogen and oxygen atoms in total. The van der Waals surface area contributed by atoms with Crippen molar-refractivity contribution in [2.45, 2.75) is 32.7 Å². The van der Waals surface area contributed by atoms with E-state index in [9.17, 15) is 9.59 Å². The van der Waals surface area contributed by atoms with Gasteiger partial charge < -0.3 is 14.8 Å². The highest BCUT2D eigenvalue weighted by Crippen LogP contribution is 2.05. The van der Waals surface area contributed by atoms with E-state index in [1.807, 2.05) is 0 Å². The molecule has 0 aromatic carbocycles. The third kappa shape index (κ3) is 3.08. The molecule has 1 rings (SSSR count). The lowest BCUT2D eigenvalue weighted by Crippen LogP contribution is -2.50. The van der Waals surface area contributed by atoms with Crippen molar-refractivity contribution in [3.8, 4) is 0 Å². The summed E-state index contributed by atoms with van der Waals surface area (Å²) in [6.07, 6.45) is 1.37. The number of carbonyl (C=O) groups is 2. The van der Waals surface area contributed by atoms with Crippen LogP contribution in [0.4, 0.5) is 0 Å². The van der Waals surface area contributed by atoms with Gasteiger partial charge in [-0.2, -0.15) is 0 Å². The fraction of sp³-hybridized carbons (Fsp3) is 0.500. The standard InChI is InChI=1S/C10H14N2O4/c1-6-5-16-8(11-6)4-7(13)12-10(2,3)9(14)15/h5H,4H2,1-3H3,(H,12,13)(H,14,15). The molecule has 0 aliphatic rings. The number of rotatable bonds is 4. The molecule has 16 heavy (non-hydrogen) atoms. The maximum absolute atomic E-state index is 11.5. The van der Waals surface area contributed by atoms with E-state index in [0.29, 0.717) is 5.69 Å². The second kappa shape index (κ2) is 4.34. The molecule has 88 valence electrons. The summed E-state index contributed by atoms with van der Waals surface area (Å²) < 4.78 is 4.99. The van der Waals surface area contributed by atoms with E-state index in [1.54, 1.807) is 6.92 Å². The molecular weight excluding hydrogens is 212 g/mol. The quantitative estimate of drug-likeness (QED) is 0.780. The Hall–Kier alpha value is -1.85. The summed E-state index contributed by atoms with van der Waals surface area (Å²) in [6.45, 7) is 4.56. The molecule has 1 heterocycles. The van der Waals surface area contributed by atoms with Crippen LogP contribution >= 0.6 is 0 Å². The van der Waals surface area contributed by atoms with Crippen molar-refractivity contribution in [2.75, 3.05) is 0 Å². The van der Waals surface area contributed by atoms with E-state index in [0.717, 1.165) is 0 Å². The molecule has 6 heteroatoms. The van der Waals surface area contributed by atoms with Gasteiger partial charge in [-0.05, 0) is 20.8 Å². The van der Waals surface area contributed by atoms with Gasteiger partial charge in [0.05, 0.1) is 5.69 Å². The van der Waals surface area contributed by atoms with Crippen molar-refractivity contribution in [1.29, 1.82) is 0 Å². The number of nitrogens with zero attached hydrogens (tertiary/aromatic N) is 1. The third-order valence-electron chi connectivity index (χ3n) is 1.96. The number of hydrogen-bond acceptors (Lipinski definition) is 4. The van der Waals surface area contributed by atoms with Crippen LogP contribution in [0.5, 0.6) is 0 Å². The highest BCUT2D eigenvalue weighted by molar-refractivity contribution is 5.86. The topological polar surface area (TPSA) is 92.4 Å². The molecule has 0 unspecified atom stereocenters. The van der Waals surface area contributed by atoms with Gasteiger partial charge in [0.2, 0.25) is 11.8 Å². The number of aliphatic carboxylic acids is 1. The first kappa shape index (κ1) is 12.2. The Morgan fingerprint density at radius 1 is 1.56 bits per heavy atom. The second-order valence-corrected chi connectivity index (χ2v) is 4.04. The number of amides is 1. The SMILES string of the molecule is Cc1coc(CC(=O)NC(C)(C)C(=O)O)n1. The Morgan fingerprint density at radius 3 is 2.62 bits per heavy atom. The predicted octanol–water partition coefficient (Wildman–Crippen LogP) is 0.505. The predicted molar refractivity (Wildman–Crippen MR) is 54.8 cm³/mol. The van der Waals surface area contributed by atoms with Crippen molar-refractivity contribution in [3.05, 3.63) is 17.8 Å². The molecule has 1 aromatic heterocycles. The Balaban J connectivity index is 2.58. The van der Waals surface area contributed by atoms with Crippen molar-refractivity contribution in [3.63, 3.8) is 0 Å².